The molecule has 4 rings (SSSR count). The van der Waals surface area contributed by atoms with Gasteiger partial charge in [0, 0.05) is 17.7 Å². The number of methoxy groups -OCH3 is 1. The summed E-state index contributed by atoms with van der Waals surface area (Å²) in [6.07, 6.45) is 0. The van der Waals surface area contributed by atoms with E-state index in [-0.39, 0.29) is 24.0 Å². The summed E-state index contributed by atoms with van der Waals surface area (Å²) in [6, 6.07) is 23.5. The molecule has 0 amide bonds. The van der Waals surface area contributed by atoms with E-state index in [1.54, 1.807) is 7.11 Å². The minimum atomic E-state index is 0. The maximum Gasteiger partial charge on any atom is 0.213 e. The monoisotopic (exact) mass is 441 g/mol. The molecule has 0 spiro atoms. The Bertz CT molecular complexity index is 1050. The van der Waals surface area contributed by atoms with E-state index in [1.165, 1.54) is 38.5 Å². The van der Waals surface area contributed by atoms with Crippen LogP contribution >= 0.6 is 0 Å². The Morgan fingerprint density at radius 3 is 2.32 bits per heavy atom. The van der Waals surface area contributed by atoms with Gasteiger partial charge in [-0.15, -0.1) is 0 Å². The number of ether oxygens (including phenoxy) is 1. The van der Waals surface area contributed by atoms with Crippen LogP contribution in [0.2, 0.25) is 0 Å². The van der Waals surface area contributed by atoms with Gasteiger partial charge in [-0.2, -0.15) is 4.57 Å². The maximum absolute atomic E-state index is 5.27. The zero-order chi connectivity index (χ0) is 16.7. The second-order valence-corrected chi connectivity index (χ2v) is 6.18. The Morgan fingerprint density at radius 1 is 0.880 bits per heavy atom. The molecule has 4 aromatic rings. The summed E-state index contributed by atoms with van der Waals surface area (Å²) in [6.45, 7) is 2.20. The van der Waals surface area contributed by atoms with Crippen molar-refractivity contribution >= 4 is 21.7 Å². The van der Waals surface area contributed by atoms with Crippen molar-refractivity contribution < 1.29 is 33.3 Å². The van der Waals surface area contributed by atoms with Gasteiger partial charge in [-0.1, -0.05) is 24.3 Å². The number of halogens is 1. The average Bonchev–Trinajstić information content (AvgIpc) is 2.64. The Kier molecular flexibility index (Phi) is 4.95. The summed E-state index contributed by atoms with van der Waals surface area (Å²) >= 11 is 0. The van der Waals surface area contributed by atoms with Crippen LogP contribution in [0, 0.1) is 6.92 Å². The lowest BCUT2D eigenvalue weighted by atomic mass is 9.99. The largest absolute Gasteiger partial charge is 1.00 e. The summed E-state index contributed by atoms with van der Waals surface area (Å²) in [4.78, 5) is 0. The van der Waals surface area contributed by atoms with Gasteiger partial charge >= 0.3 is 0 Å². The second kappa shape index (κ2) is 7.00. The van der Waals surface area contributed by atoms with Crippen molar-refractivity contribution in [3.05, 3.63) is 72.3 Å². The Labute approximate surface area is 165 Å². The highest BCUT2D eigenvalue weighted by atomic mass is 127. The smallest absolute Gasteiger partial charge is 0.213 e. The molecular weight excluding hydrogens is 421 g/mol. The van der Waals surface area contributed by atoms with Gasteiger partial charge in [-0.25, -0.2) is 0 Å². The van der Waals surface area contributed by atoms with Crippen LogP contribution in [0.5, 0.6) is 5.75 Å². The molecule has 0 unspecified atom stereocenters. The van der Waals surface area contributed by atoms with Gasteiger partial charge in [-0.3, -0.25) is 0 Å². The van der Waals surface area contributed by atoms with Gasteiger partial charge in [0.1, 0.15) is 12.8 Å². The number of benzene rings is 3. The first kappa shape index (κ1) is 17.7. The molecule has 0 atom stereocenters. The van der Waals surface area contributed by atoms with Crippen LogP contribution in [-0.4, -0.2) is 7.11 Å². The average molecular weight is 441 g/mol. The Balaban J connectivity index is 0.00000182. The molecule has 25 heavy (non-hydrogen) atoms. The molecule has 126 valence electrons. The molecule has 0 aliphatic heterocycles. The number of fused-ring (bicyclic) bond motifs is 3. The highest BCUT2D eigenvalue weighted by Crippen LogP contribution is 2.29. The van der Waals surface area contributed by atoms with E-state index in [0.29, 0.717) is 0 Å². The van der Waals surface area contributed by atoms with E-state index in [2.05, 4.69) is 73.1 Å². The third-order valence-corrected chi connectivity index (χ3v) is 4.76. The second-order valence-electron chi connectivity index (χ2n) is 6.18. The minimum absolute atomic E-state index is 0. The number of hydrogen-bond acceptors (Lipinski definition) is 1. The highest BCUT2D eigenvalue weighted by Gasteiger charge is 2.18. The minimum Gasteiger partial charge on any atom is -1.00 e. The fraction of sp³-hybridized carbons (Fsp3) is 0.136. The molecule has 0 saturated carbocycles. The van der Waals surface area contributed by atoms with Crippen LogP contribution in [0.25, 0.3) is 32.9 Å². The lowest BCUT2D eigenvalue weighted by molar-refractivity contribution is -0.633. The fourth-order valence-corrected chi connectivity index (χ4v) is 3.50. The van der Waals surface area contributed by atoms with Crippen molar-refractivity contribution in [2.24, 2.45) is 7.05 Å². The van der Waals surface area contributed by atoms with Crippen molar-refractivity contribution in [1.29, 1.82) is 0 Å². The molecule has 0 saturated heterocycles. The molecule has 0 aliphatic rings. The summed E-state index contributed by atoms with van der Waals surface area (Å²) in [5.74, 6) is 0.880. The lowest BCUT2D eigenvalue weighted by Crippen LogP contribution is -3.00. The quantitative estimate of drug-likeness (QED) is 0.263. The molecule has 3 heteroatoms. The van der Waals surface area contributed by atoms with E-state index in [4.69, 9.17) is 4.74 Å². The van der Waals surface area contributed by atoms with Crippen molar-refractivity contribution in [1.82, 2.24) is 0 Å². The number of nitrogens with zero attached hydrogens (tertiary/aromatic N) is 1. The van der Waals surface area contributed by atoms with Crippen LogP contribution in [0.3, 0.4) is 0 Å². The first-order valence-electron chi connectivity index (χ1n) is 8.14. The number of aromatic nitrogens is 1. The van der Waals surface area contributed by atoms with Crippen molar-refractivity contribution in [2.75, 3.05) is 7.11 Å². The SMILES string of the molecule is COc1ccc(-c2cc(C)c3c4ccccc4ccc3[n+]2C)cc1.[I-]. The van der Waals surface area contributed by atoms with Gasteiger partial charge in [0.15, 0.2) is 0 Å². The van der Waals surface area contributed by atoms with E-state index < -0.39 is 0 Å². The molecule has 1 heterocycles. The number of pyridine rings is 1. The summed E-state index contributed by atoms with van der Waals surface area (Å²) in [5, 5.41) is 3.92. The van der Waals surface area contributed by atoms with Crippen LogP contribution < -0.4 is 33.3 Å². The molecule has 0 bridgehead atoms. The molecule has 1 aromatic heterocycles. The van der Waals surface area contributed by atoms with Crippen molar-refractivity contribution in [3.8, 4) is 17.0 Å². The Hall–Kier alpha value is -2.14. The van der Waals surface area contributed by atoms with Gasteiger partial charge in [0.25, 0.3) is 0 Å². The highest BCUT2D eigenvalue weighted by molar-refractivity contribution is 6.07. The summed E-state index contributed by atoms with van der Waals surface area (Å²) < 4.78 is 7.55. The van der Waals surface area contributed by atoms with Crippen LogP contribution in [0.15, 0.2) is 66.7 Å². The maximum atomic E-state index is 5.27. The van der Waals surface area contributed by atoms with E-state index in [0.717, 1.165) is 5.75 Å². The van der Waals surface area contributed by atoms with E-state index in [1.807, 2.05) is 12.1 Å². The van der Waals surface area contributed by atoms with Crippen LogP contribution in [0.4, 0.5) is 0 Å². The summed E-state index contributed by atoms with van der Waals surface area (Å²) in [7, 11) is 3.83. The third-order valence-electron chi connectivity index (χ3n) is 4.76. The van der Waals surface area contributed by atoms with Crippen LogP contribution in [-0.2, 0) is 7.05 Å². The predicted octanol–water partition coefficient (Wildman–Crippen LogP) is 1.81. The number of hydrogen-bond donors (Lipinski definition) is 0. The molecule has 3 aromatic carbocycles. The van der Waals surface area contributed by atoms with Crippen molar-refractivity contribution in [2.45, 2.75) is 6.92 Å². The molecule has 0 N–H and O–H groups in total. The molecule has 0 fully saturated rings. The number of rotatable bonds is 2. The number of aryl methyl sites for hydroxylation is 2. The fourth-order valence-electron chi connectivity index (χ4n) is 3.50. The summed E-state index contributed by atoms with van der Waals surface area (Å²) in [5.41, 5.74) is 4.94. The lowest BCUT2D eigenvalue weighted by Gasteiger charge is -2.09. The first-order chi connectivity index (χ1) is 11.7. The van der Waals surface area contributed by atoms with Gasteiger partial charge in [0.2, 0.25) is 11.2 Å². The molecular formula is C22H20INO. The van der Waals surface area contributed by atoms with E-state index in [9.17, 15) is 0 Å². The van der Waals surface area contributed by atoms with Gasteiger partial charge < -0.3 is 28.7 Å². The molecule has 2 nitrogen and oxygen atoms in total. The normalized spacial score (nSPS) is 10.7. The zero-order valence-corrected chi connectivity index (χ0v) is 16.7. The van der Waals surface area contributed by atoms with Gasteiger partial charge in [0.05, 0.1) is 12.5 Å². The topological polar surface area (TPSA) is 13.1 Å². The molecule has 0 radical (unpaired) electrons. The molecule has 0 aliphatic carbocycles. The van der Waals surface area contributed by atoms with E-state index >= 15 is 0 Å². The van der Waals surface area contributed by atoms with Crippen molar-refractivity contribution in [3.63, 3.8) is 0 Å². The zero-order valence-electron chi connectivity index (χ0n) is 14.6. The predicted molar refractivity (Wildman–Crippen MR) is 99.4 cm³/mol. The third kappa shape index (κ3) is 2.97. The van der Waals surface area contributed by atoms with Gasteiger partial charge in [-0.05, 0) is 53.6 Å². The first-order valence-corrected chi connectivity index (χ1v) is 8.14. The standard InChI is InChI=1S/C22H20NO.HI/c1-15-14-21(17-8-11-18(24-3)12-9-17)23(2)20-13-10-16-6-4-5-7-19(16)22(15)20;/h4-14H,1-3H3;1H/q+1;/p-1. The Morgan fingerprint density at radius 2 is 1.60 bits per heavy atom. The van der Waals surface area contributed by atoms with Crippen LogP contribution in [0.1, 0.15) is 5.56 Å².